The SMILES string of the molecule is CCOC(=O)CCCCCCCC1CC1CCCCCCCCCCCCCCCCCCC(N(C)C)N(C)C. The minimum absolute atomic E-state index is 0.0220. The Morgan fingerprint density at radius 3 is 1.30 bits per heavy atom. The summed E-state index contributed by atoms with van der Waals surface area (Å²) in [6.45, 7) is 2.39. The molecule has 4 nitrogen and oxygen atoms in total. The van der Waals surface area contributed by atoms with E-state index in [0.717, 1.165) is 18.3 Å². The number of hydrogen-bond donors (Lipinski definition) is 0. The summed E-state index contributed by atoms with van der Waals surface area (Å²) in [5, 5.41) is 0. The number of unbranched alkanes of at least 4 members (excludes halogenated alkanes) is 19. The summed E-state index contributed by atoms with van der Waals surface area (Å²) in [7, 11) is 8.78. The fraction of sp³-hybridized carbons (Fsp3) is 0.972. The largest absolute Gasteiger partial charge is 0.466 e. The van der Waals surface area contributed by atoms with Crippen LogP contribution < -0.4 is 0 Å². The van der Waals surface area contributed by atoms with Crippen LogP contribution in [0, 0.1) is 11.8 Å². The second-order valence-corrected chi connectivity index (χ2v) is 13.5. The van der Waals surface area contributed by atoms with Gasteiger partial charge in [0.25, 0.3) is 0 Å². The van der Waals surface area contributed by atoms with Crippen molar-refractivity contribution in [2.75, 3.05) is 34.8 Å². The molecule has 1 saturated carbocycles. The molecule has 0 spiro atoms. The Labute approximate surface area is 251 Å². The number of carbonyl (C=O) groups is 1. The number of ether oxygens (including phenoxy) is 1. The summed E-state index contributed by atoms with van der Waals surface area (Å²) in [4.78, 5) is 16.0. The molecule has 0 aromatic rings. The normalized spacial score (nSPS) is 16.9. The van der Waals surface area contributed by atoms with E-state index in [2.05, 4.69) is 38.0 Å². The number of carbonyl (C=O) groups excluding carboxylic acids is 1. The first kappa shape index (κ1) is 37.4. The summed E-state index contributed by atoms with van der Waals surface area (Å²) in [6.07, 6.45) is 36.4. The molecule has 0 aromatic carbocycles. The maximum atomic E-state index is 11.3. The monoisotopic (exact) mass is 565 g/mol. The minimum Gasteiger partial charge on any atom is -0.466 e. The smallest absolute Gasteiger partial charge is 0.305 e. The average Bonchev–Trinajstić information content (AvgIpc) is 3.67. The molecule has 1 aliphatic carbocycles. The predicted octanol–water partition coefficient (Wildman–Crippen LogP) is 10.4. The molecule has 0 N–H and O–H groups in total. The molecule has 2 atom stereocenters. The van der Waals surface area contributed by atoms with Crippen molar-refractivity contribution in [3.8, 4) is 0 Å². The first-order valence-electron chi connectivity index (χ1n) is 17.9. The fourth-order valence-corrected chi connectivity index (χ4v) is 6.64. The Balaban J connectivity index is 1.72. The quantitative estimate of drug-likeness (QED) is 0.0493. The number of nitrogens with zero attached hydrogens (tertiary/aromatic N) is 2. The van der Waals surface area contributed by atoms with Crippen LogP contribution in [0.15, 0.2) is 0 Å². The van der Waals surface area contributed by atoms with Crippen LogP contribution in [-0.4, -0.2) is 56.7 Å². The second kappa shape index (κ2) is 26.1. The first-order chi connectivity index (χ1) is 19.5. The fourth-order valence-electron chi connectivity index (χ4n) is 6.64. The molecule has 4 heteroatoms. The molecule has 1 fully saturated rings. The standard InChI is InChI=1S/C36H72N2O2/c1-6-40-36(39)31-27-23-19-21-25-29-34-32-33(34)28-24-20-17-15-13-11-9-7-8-10-12-14-16-18-22-26-30-35(37(2)3)38(4)5/h33-35H,6-32H2,1-5H3. The van der Waals surface area contributed by atoms with E-state index in [1.807, 2.05) is 6.92 Å². The van der Waals surface area contributed by atoms with Crippen molar-refractivity contribution >= 4 is 5.97 Å². The molecule has 0 aromatic heterocycles. The molecule has 2 unspecified atom stereocenters. The summed E-state index contributed by atoms with van der Waals surface area (Å²) in [5.74, 6) is 2.09. The van der Waals surface area contributed by atoms with Crippen LogP contribution in [0.1, 0.15) is 174 Å². The lowest BCUT2D eigenvalue weighted by molar-refractivity contribution is -0.143. The van der Waals surface area contributed by atoms with Crippen molar-refractivity contribution in [2.45, 2.75) is 180 Å². The third kappa shape index (κ3) is 22.0. The Morgan fingerprint density at radius 1 is 0.575 bits per heavy atom. The van der Waals surface area contributed by atoms with Crippen LogP contribution in [0.4, 0.5) is 0 Å². The van der Waals surface area contributed by atoms with Gasteiger partial charge in [0.2, 0.25) is 0 Å². The van der Waals surface area contributed by atoms with Gasteiger partial charge in [0, 0.05) is 6.42 Å². The zero-order chi connectivity index (χ0) is 29.3. The summed E-state index contributed by atoms with van der Waals surface area (Å²) < 4.78 is 4.99. The summed E-state index contributed by atoms with van der Waals surface area (Å²) >= 11 is 0. The van der Waals surface area contributed by atoms with E-state index < -0.39 is 0 Å². The Hall–Kier alpha value is -0.610. The van der Waals surface area contributed by atoms with Crippen molar-refractivity contribution in [1.82, 2.24) is 9.80 Å². The van der Waals surface area contributed by atoms with Gasteiger partial charge in [-0.1, -0.05) is 141 Å². The van der Waals surface area contributed by atoms with Crippen LogP contribution in [-0.2, 0) is 9.53 Å². The number of rotatable bonds is 30. The highest BCUT2D eigenvalue weighted by molar-refractivity contribution is 5.69. The Morgan fingerprint density at radius 2 is 0.925 bits per heavy atom. The maximum absolute atomic E-state index is 11.3. The van der Waals surface area contributed by atoms with E-state index in [9.17, 15) is 4.79 Å². The minimum atomic E-state index is -0.0220. The van der Waals surface area contributed by atoms with E-state index in [4.69, 9.17) is 4.74 Å². The third-order valence-electron chi connectivity index (χ3n) is 9.31. The first-order valence-corrected chi connectivity index (χ1v) is 17.9. The molecular weight excluding hydrogens is 492 g/mol. The van der Waals surface area contributed by atoms with Crippen LogP contribution in [0.5, 0.6) is 0 Å². The molecule has 40 heavy (non-hydrogen) atoms. The van der Waals surface area contributed by atoms with Crippen molar-refractivity contribution in [2.24, 2.45) is 11.8 Å². The molecule has 0 amide bonds. The molecule has 1 aliphatic rings. The van der Waals surface area contributed by atoms with Crippen molar-refractivity contribution in [3.63, 3.8) is 0 Å². The van der Waals surface area contributed by atoms with Gasteiger partial charge >= 0.3 is 5.97 Å². The predicted molar refractivity (Wildman–Crippen MR) is 175 cm³/mol. The molecule has 0 heterocycles. The van der Waals surface area contributed by atoms with Crippen LogP contribution in [0.3, 0.4) is 0 Å². The lowest BCUT2D eigenvalue weighted by Crippen LogP contribution is -2.40. The highest BCUT2D eigenvalue weighted by atomic mass is 16.5. The van der Waals surface area contributed by atoms with Gasteiger partial charge in [-0.05, 0) is 66.2 Å². The van der Waals surface area contributed by atoms with E-state index in [1.54, 1.807) is 0 Å². The van der Waals surface area contributed by atoms with Crippen molar-refractivity contribution in [1.29, 1.82) is 0 Å². The second-order valence-electron chi connectivity index (χ2n) is 13.5. The van der Waals surface area contributed by atoms with E-state index in [1.165, 1.54) is 154 Å². The van der Waals surface area contributed by atoms with E-state index in [-0.39, 0.29) is 5.97 Å². The summed E-state index contributed by atoms with van der Waals surface area (Å²) in [5.41, 5.74) is 0. The lowest BCUT2D eigenvalue weighted by Gasteiger charge is -2.30. The van der Waals surface area contributed by atoms with Crippen molar-refractivity contribution < 1.29 is 9.53 Å². The van der Waals surface area contributed by atoms with E-state index in [0.29, 0.717) is 19.2 Å². The Bertz CT molecular complexity index is 557. The van der Waals surface area contributed by atoms with Gasteiger partial charge in [-0.3, -0.25) is 14.6 Å². The molecule has 1 rings (SSSR count). The number of esters is 1. The van der Waals surface area contributed by atoms with E-state index >= 15 is 0 Å². The molecule has 0 saturated heterocycles. The van der Waals surface area contributed by atoms with Crippen LogP contribution >= 0.6 is 0 Å². The van der Waals surface area contributed by atoms with Gasteiger partial charge in [0.05, 0.1) is 12.8 Å². The lowest BCUT2D eigenvalue weighted by atomic mass is 10.0. The zero-order valence-corrected chi connectivity index (χ0v) is 28.0. The van der Waals surface area contributed by atoms with Gasteiger partial charge in [-0.2, -0.15) is 0 Å². The molecule has 0 bridgehead atoms. The molecule has 0 radical (unpaired) electrons. The van der Waals surface area contributed by atoms with Gasteiger partial charge < -0.3 is 4.74 Å². The maximum Gasteiger partial charge on any atom is 0.305 e. The van der Waals surface area contributed by atoms with Gasteiger partial charge in [-0.25, -0.2) is 0 Å². The van der Waals surface area contributed by atoms with Crippen LogP contribution in [0.2, 0.25) is 0 Å². The molecule has 0 aliphatic heterocycles. The van der Waals surface area contributed by atoms with Crippen LogP contribution in [0.25, 0.3) is 0 Å². The highest BCUT2D eigenvalue weighted by Crippen LogP contribution is 2.45. The van der Waals surface area contributed by atoms with Gasteiger partial charge in [0.15, 0.2) is 0 Å². The third-order valence-corrected chi connectivity index (χ3v) is 9.31. The van der Waals surface area contributed by atoms with Gasteiger partial charge in [-0.15, -0.1) is 0 Å². The molecular formula is C36H72N2O2. The van der Waals surface area contributed by atoms with Gasteiger partial charge in [0.1, 0.15) is 0 Å². The highest BCUT2D eigenvalue weighted by Gasteiger charge is 2.35. The molecule has 238 valence electrons. The summed E-state index contributed by atoms with van der Waals surface area (Å²) in [6, 6.07) is 0. The zero-order valence-electron chi connectivity index (χ0n) is 28.0. The van der Waals surface area contributed by atoms with Crippen molar-refractivity contribution in [3.05, 3.63) is 0 Å². The average molecular weight is 565 g/mol. The number of hydrogen-bond acceptors (Lipinski definition) is 4. The Kier molecular flexibility index (Phi) is 24.4. The topological polar surface area (TPSA) is 32.8 Å².